The van der Waals surface area contributed by atoms with E-state index in [0.29, 0.717) is 12.0 Å². The van der Waals surface area contributed by atoms with Crippen LogP contribution in [0.2, 0.25) is 0 Å². The van der Waals surface area contributed by atoms with Crippen LogP contribution in [-0.2, 0) is 40.0 Å². The van der Waals surface area contributed by atoms with E-state index in [2.05, 4.69) is 36.9 Å². The number of H-pyrrole nitrogens is 1. The van der Waals surface area contributed by atoms with Crippen LogP contribution in [0.1, 0.15) is 50.5 Å². The first-order chi connectivity index (χ1) is 27.7. The minimum absolute atomic E-state index is 0.0257. The summed E-state index contributed by atoms with van der Waals surface area (Å²) in [6.07, 6.45) is 1.98. The van der Waals surface area contributed by atoms with Crippen LogP contribution in [0.25, 0.3) is 10.9 Å². The van der Waals surface area contributed by atoms with Gasteiger partial charge in [-0.15, -0.1) is 0 Å². The average molecular weight is 819 g/mol. The minimum atomic E-state index is -1.34. The quantitative estimate of drug-likeness (QED) is 0.0381. The normalized spacial score (nSPS) is 14.8. The van der Waals surface area contributed by atoms with Crippen molar-refractivity contribution < 1.29 is 38.7 Å². The lowest BCUT2D eigenvalue weighted by Crippen LogP contribution is -2.60. The van der Waals surface area contributed by atoms with Crippen molar-refractivity contribution in [2.75, 3.05) is 39.3 Å². The summed E-state index contributed by atoms with van der Waals surface area (Å²) in [5.74, 6) is -5.87. The van der Waals surface area contributed by atoms with Crippen molar-refractivity contribution >= 4 is 52.3 Å². The Kier molecular flexibility index (Phi) is 21.8. The zero-order valence-electron chi connectivity index (χ0n) is 32.7. The number of hydrogen-bond acceptors (Lipinski definition) is 14. The molecule has 0 radical (unpaired) electrons. The summed E-state index contributed by atoms with van der Waals surface area (Å²) in [4.78, 5) is 95.6. The van der Waals surface area contributed by atoms with Crippen LogP contribution in [0, 0.1) is 0 Å². The Morgan fingerprint density at radius 1 is 0.517 bits per heavy atom. The molecule has 1 aromatic carbocycles. The first-order valence-corrected chi connectivity index (χ1v) is 19.3. The predicted octanol–water partition coefficient (Wildman–Crippen LogP) is -5.49. The van der Waals surface area contributed by atoms with Gasteiger partial charge in [0, 0.05) is 23.5 Å². The van der Waals surface area contributed by atoms with E-state index in [1.54, 1.807) is 12.3 Å². The van der Waals surface area contributed by atoms with Crippen LogP contribution in [0.5, 0.6) is 0 Å². The van der Waals surface area contributed by atoms with Gasteiger partial charge in [0.05, 0.1) is 6.04 Å². The maximum absolute atomic E-state index is 14.0. The van der Waals surface area contributed by atoms with Crippen molar-refractivity contribution in [1.29, 1.82) is 0 Å². The van der Waals surface area contributed by atoms with Gasteiger partial charge >= 0.3 is 5.97 Å². The van der Waals surface area contributed by atoms with Crippen molar-refractivity contribution in [3.05, 3.63) is 36.0 Å². The highest BCUT2D eigenvalue weighted by molar-refractivity contribution is 5.97. The molecule has 0 saturated heterocycles. The first kappa shape index (κ1) is 48.9. The lowest BCUT2D eigenvalue weighted by molar-refractivity contribution is -0.142. The van der Waals surface area contributed by atoms with Crippen LogP contribution >= 0.6 is 0 Å². The third kappa shape index (κ3) is 15.6. The smallest absolute Gasteiger partial charge is 0.326 e. The number of amides is 6. The number of carboxylic acids is 1. The lowest BCUT2D eigenvalue weighted by atomic mass is 10.0. The lowest BCUT2D eigenvalue weighted by Gasteiger charge is -2.27. The van der Waals surface area contributed by atoms with E-state index < -0.39 is 83.7 Å². The van der Waals surface area contributed by atoms with Crippen LogP contribution < -0.4 is 72.0 Å². The zero-order chi connectivity index (χ0) is 43.2. The Labute approximate surface area is 336 Å². The SMILES string of the molecule is NCCC[C@H](NC(=O)[C@@H](N)CCN)C(=O)N[C@H](CCN)C(=O)N[C@@H](CCN)C(=O)N[C@@H](Cc1c[nH]c2ccccc12)C(=O)N[C@@H](CCN)C(=O)N[C@@H](CCN)C(=O)O. The van der Waals surface area contributed by atoms with Gasteiger partial charge in [-0.3, -0.25) is 28.8 Å². The summed E-state index contributed by atoms with van der Waals surface area (Å²) < 4.78 is 0. The van der Waals surface area contributed by atoms with Crippen molar-refractivity contribution in [2.45, 2.75) is 93.7 Å². The third-order valence-electron chi connectivity index (χ3n) is 9.21. The van der Waals surface area contributed by atoms with Crippen LogP contribution in [-0.4, -0.2) is 133 Å². The molecule has 0 aliphatic rings. The second kappa shape index (κ2) is 25.9. The molecule has 22 N–H and O–H groups in total. The Bertz CT molecular complexity index is 1660. The molecular weight excluding hydrogens is 756 g/mol. The number of hydrogen-bond donors (Lipinski definition) is 15. The molecule has 6 amide bonds. The average Bonchev–Trinajstić information content (AvgIpc) is 3.60. The molecule has 1 aromatic heterocycles. The number of aromatic nitrogens is 1. The maximum Gasteiger partial charge on any atom is 0.326 e. The molecular formula is C36H62N14O8. The fourth-order valence-electron chi connectivity index (χ4n) is 6.00. The number of benzene rings is 1. The van der Waals surface area contributed by atoms with E-state index in [1.165, 1.54) is 0 Å². The number of aromatic amines is 1. The van der Waals surface area contributed by atoms with Gasteiger partial charge in [-0.25, -0.2) is 4.79 Å². The number of nitrogens with two attached hydrogens (primary N) is 7. The molecule has 0 unspecified atom stereocenters. The zero-order valence-corrected chi connectivity index (χ0v) is 32.7. The highest BCUT2D eigenvalue weighted by atomic mass is 16.4. The van der Waals surface area contributed by atoms with E-state index in [9.17, 15) is 38.7 Å². The molecule has 22 nitrogen and oxygen atoms in total. The standard InChI is InChI=1S/C36H62N14O8/c37-12-3-6-24(45-30(51)22(43)7-13-38)31(52)46-25(8-14-39)32(53)47-27(10-16-41)34(55)50-29(18-20-19-44-23-5-2-1-4-21(20)23)35(56)48-26(9-15-40)33(54)49-28(11-17-42)36(57)58/h1-2,4-5,19,22,24-29,44H,3,6-18,37-43H2,(H,45,51)(H,46,52)(H,47,53)(H,48,56)(H,49,54)(H,50,55)(H,57,58)/t22-,24-,25+,26-,27-,28-,29-/m0/s1. The van der Waals surface area contributed by atoms with Crippen molar-refractivity contribution in [2.24, 2.45) is 40.1 Å². The number of para-hydroxylation sites is 1. The van der Waals surface area contributed by atoms with Crippen LogP contribution in [0.4, 0.5) is 0 Å². The molecule has 0 spiro atoms. The topological polar surface area (TPSA) is 410 Å². The van der Waals surface area contributed by atoms with E-state index in [4.69, 9.17) is 40.1 Å². The summed E-state index contributed by atoms with van der Waals surface area (Å²) in [6, 6.07) is -1.32. The Balaban J connectivity index is 2.36. The Morgan fingerprint density at radius 3 is 1.38 bits per heavy atom. The fraction of sp³-hybridized carbons (Fsp3) is 0.583. The van der Waals surface area contributed by atoms with Gasteiger partial charge in [0.15, 0.2) is 0 Å². The molecule has 7 atom stereocenters. The summed E-state index contributed by atoms with van der Waals surface area (Å²) in [6.45, 7) is 0.166. The highest BCUT2D eigenvalue weighted by Crippen LogP contribution is 2.19. The van der Waals surface area contributed by atoms with Gasteiger partial charge in [-0.1, -0.05) is 18.2 Å². The molecule has 1 heterocycles. The van der Waals surface area contributed by atoms with Crippen molar-refractivity contribution in [1.82, 2.24) is 36.9 Å². The Morgan fingerprint density at radius 2 is 0.914 bits per heavy atom. The number of nitrogens with one attached hydrogen (secondary N) is 7. The second-order valence-corrected chi connectivity index (χ2v) is 13.7. The number of aliphatic carboxylic acids is 1. The van der Waals surface area contributed by atoms with Gasteiger partial charge in [-0.05, 0) is 95.8 Å². The molecule has 2 aromatic rings. The summed E-state index contributed by atoms with van der Waals surface area (Å²) in [5.41, 5.74) is 41.3. The van der Waals surface area contributed by atoms with E-state index in [1.807, 2.05) is 18.2 Å². The van der Waals surface area contributed by atoms with Gasteiger partial charge in [0.1, 0.15) is 36.3 Å². The largest absolute Gasteiger partial charge is 0.480 e. The van der Waals surface area contributed by atoms with Crippen LogP contribution in [0.3, 0.4) is 0 Å². The predicted molar refractivity (Wildman–Crippen MR) is 216 cm³/mol. The van der Waals surface area contributed by atoms with Gasteiger partial charge in [0.25, 0.3) is 0 Å². The summed E-state index contributed by atoms with van der Waals surface area (Å²) in [7, 11) is 0. The summed E-state index contributed by atoms with van der Waals surface area (Å²) >= 11 is 0. The third-order valence-corrected chi connectivity index (χ3v) is 9.21. The minimum Gasteiger partial charge on any atom is -0.480 e. The molecule has 22 heteroatoms. The molecule has 0 aliphatic carbocycles. The van der Waals surface area contributed by atoms with Gasteiger partial charge in [0.2, 0.25) is 35.4 Å². The van der Waals surface area contributed by atoms with Crippen LogP contribution in [0.15, 0.2) is 30.5 Å². The number of carbonyl (C=O) groups is 7. The number of carboxylic acid groups (broad SMARTS) is 1. The molecule has 2 rings (SSSR count). The van der Waals surface area contributed by atoms with Crippen molar-refractivity contribution in [3.63, 3.8) is 0 Å². The number of fused-ring (bicyclic) bond motifs is 1. The molecule has 0 bridgehead atoms. The van der Waals surface area contributed by atoms with E-state index in [0.717, 1.165) is 10.9 Å². The summed E-state index contributed by atoms with van der Waals surface area (Å²) in [5, 5.41) is 25.7. The second-order valence-electron chi connectivity index (χ2n) is 13.7. The molecule has 324 valence electrons. The molecule has 58 heavy (non-hydrogen) atoms. The maximum atomic E-state index is 14.0. The van der Waals surface area contributed by atoms with E-state index in [-0.39, 0.29) is 84.2 Å². The first-order valence-electron chi connectivity index (χ1n) is 19.3. The van der Waals surface area contributed by atoms with Crippen molar-refractivity contribution in [3.8, 4) is 0 Å². The molecule has 0 saturated carbocycles. The van der Waals surface area contributed by atoms with Gasteiger partial charge < -0.3 is 82.1 Å². The number of carbonyl (C=O) groups excluding carboxylic acids is 6. The molecule has 0 fully saturated rings. The fourth-order valence-corrected chi connectivity index (χ4v) is 6.00. The van der Waals surface area contributed by atoms with Gasteiger partial charge in [-0.2, -0.15) is 0 Å². The number of rotatable bonds is 28. The van der Waals surface area contributed by atoms with E-state index >= 15 is 0 Å². The Hall–Kier alpha value is -5.23. The molecule has 0 aliphatic heterocycles. The highest BCUT2D eigenvalue weighted by Gasteiger charge is 2.33. The monoisotopic (exact) mass is 818 g/mol.